The van der Waals surface area contributed by atoms with Crippen LogP contribution in [0.1, 0.15) is 15.9 Å². The van der Waals surface area contributed by atoms with Crippen molar-refractivity contribution in [2.24, 2.45) is 0 Å². The number of anilines is 1. The van der Waals surface area contributed by atoms with E-state index in [9.17, 15) is 9.59 Å². The van der Waals surface area contributed by atoms with Crippen LogP contribution in [0.3, 0.4) is 0 Å². The summed E-state index contributed by atoms with van der Waals surface area (Å²) in [7, 11) is 0. The van der Waals surface area contributed by atoms with Gasteiger partial charge in [-0.25, -0.2) is 4.79 Å². The Kier molecular flexibility index (Phi) is 5.24. The molecule has 0 fully saturated rings. The molecule has 0 unspecified atom stereocenters. The predicted molar refractivity (Wildman–Crippen MR) is 95.6 cm³/mol. The number of rotatable bonds is 6. The highest BCUT2D eigenvalue weighted by molar-refractivity contribution is 6.33. The number of nitrogens with zero attached hydrogens (tertiary/aromatic N) is 4. The number of carboxylic acid groups (broad SMARTS) is 1. The summed E-state index contributed by atoms with van der Waals surface area (Å²) in [5.41, 5.74) is 0.865. The van der Waals surface area contributed by atoms with Gasteiger partial charge in [-0.1, -0.05) is 41.4 Å². The lowest BCUT2D eigenvalue weighted by atomic mass is 10.2. The van der Waals surface area contributed by atoms with E-state index in [0.717, 1.165) is 5.56 Å². The quantitative estimate of drug-likeness (QED) is 0.670. The van der Waals surface area contributed by atoms with Crippen molar-refractivity contribution in [1.29, 1.82) is 0 Å². The summed E-state index contributed by atoms with van der Waals surface area (Å²) in [5, 5.41) is 20.4. The van der Waals surface area contributed by atoms with Crippen LogP contribution >= 0.6 is 23.2 Å². The average molecular weight is 394 g/mol. The third-order valence-electron chi connectivity index (χ3n) is 3.45. The van der Waals surface area contributed by atoms with Crippen LogP contribution in [0.2, 0.25) is 10.0 Å². The fourth-order valence-corrected chi connectivity index (χ4v) is 2.64. The number of hydrogen-bond donors (Lipinski definition) is 2. The van der Waals surface area contributed by atoms with E-state index in [2.05, 4.69) is 15.5 Å². The maximum absolute atomic E-state index is 12.1. The van der Waals surface area contributed by atoms with Gasteiger partial charge in [0.05, 0.1) is 18.3 Å². The number of nitrogens with one attached hydrogen (secondary N) is 1. The minimum absolute atomic E-state index is 0.000139. The number of benzene rings is 1. The van der Waals surface area contributed by atoms with Gasteiger partial charge in [-0.05, 0) is 11.6 Å². The molecule has 26 heavy (non-hydrogen) atoms. The van der Waals surface area contributed by atoms with Crippen molar-refractivity contribution < 1.29 is 14.7 Å². The van der Waals surface area contributed by atoms with Crippen LogP contribution < -0.4 is 5.32 Å². The van der Waals surface area contributed by atoms with Gasteiger partial charge in [-0.3, -0.25) is 14.2 Å². The largest absolute Gasteiger partial charge is 0.478 e. The zero-order valence-electron chi connectivity index (χ0n) is 13.3. The number of aromatic nitrogens is 4. The van der Waals surface area contributed by atoms with Gasteiger partial charge in [-0.2, -0.15) is 10.2 Å². The highest BCUT2D eigenvalue weighted by atomic mass is 35.5. The second kappa shape index (κ2) is 7.59. The lowest BCUT2D eigenvalue weighted by molar-refractivity contribution is -0.116. The Morgan fingerprint density at radius 3 is 2.58 bits per heavy atom. The Bertz CT molecular complexity index is 966. The minimum atomic E-state index is -1.11. The number of hydrogen-bond acceptors (Lipinski definition) is 4. The maximum Gasteiger partial charge on any atom is 0.338 e. The molecule has 0 aliphatic rings. The molecular formula is C16H13Cl2N5O3. The summed E-state index contributed by atoms with van der Waals surface area (Å²) in [6.07, 6.45) is 4.01. The van der Waals surface area contributed by atoms with E-state index in [0.29, 0.717) is 11.6 Å². The first-order chi connectivity index (χ1) is 12.4. The second-order valence-corrected chi connectivity index (χ2v) is 6.21. The Morgan fingerprint density at radius 1 is 1.12 bits per heavy atom. The van der Waals surface area contributed by atoms with Crippen LogP contribution in [0.4, 0.5) is 5.82 Å². The monoisotopic (exact) mass is 393 g/mol. The van der Waals surface area contributed by atoms with Gasteiger partial charge in [0.2, 0.25) is 5.91 Å². The van der Waals surface area contributed by atoms with Crippen molar-refractivity contribution >= 4 is 40.9 Å². The van der Waals surface area contributed by atoms with Gasteiger partial charge < -0.3 is 10.4 Å². The number of carbonyl (C=O) groups excluding carboxylic acids is 1. The smallest absolute Gasteiger partial charge is 0.338 e. The molecule has 3 aromatic rings. The van der Waals surface area contributed by atoms with Gasteiger partial charge in [0.1, 0.15) is 11.6 Å². The molecule has 0 saturated heterocycles. The van der Waals surface area contributed by atoms with Crippen molar-refractivity contribution in [1.82, 2.24) is 19.6 Å². The van der Waals surface area contributed by atoms with Gasteiger partial charge in [0, 0.05) is 17.4 Å². The van der Waals surface area contributed by atoms with E-state index in [1.165, 1.54) is 17.1 Å². The van der Waals surface area contributed by atoms with Crippen molar-refractivity contribution in [2.45, 2.75) is 13.1 Å². The van der Waals surface area contributed by atoms with E-state index in [1.807, 2.05) is 18.2 Å². The molecular weight excluding hydrogens is 381 g/mol. The number of amides is 1. The normalized spacial score (nSPS) is 10.7. The van der Waals surface area contributed by atoms with Gasteiger partial charge >= 0.3 is 5.97 Å². The summed E-state index contributed by atoms with van der Waals surface area (Å²) in [5.74, 6) is -1.35. The topological polar surface area (TPSA) is 102 Å². The standard InChI is InChI=1S/C16H13Cl2N5O3/c17-12-4-2-1-3-10(12)6-23-8-13(18)15(21-23)20-14(24)9-22-7-11(5-19-22)16(25)26/h1-5,7-8H,6,9H2,(H,25,26)(H,20,21,24). The minimum Gasteiger partial charge on any atom is -0.478 e. The zero-order valence-corrected chi connectivity index (χ0v) is 14.8. The molecule has 10 heteroatoms. The highest BCUT2D eigenvalue weighted by Gasteiger charge is 2.13. The summed E-state index contributed by atoms with van der Waals surface area (Å²) >= 11 is 12.2. The van der Waals surface area contributed by atoms with Gasteiger partial charge in [-0.15, -0.1) is 0 Å². The van der Waals surface area contributed by atoms with Crippen molar-refractivity contribution in [3.8, 4) is 0 Å². The molecule has 3 rings (SSSR count). The molecule has 0 spiro atoms. The first kappa shape index (κ1) is 18.0. The van der Waals surface area contributed by atoms with Crippen LogP contribution in [0.5, 0.6) is 0 Å². The molecule has 0 radical (unpaired) electrons. The van der Waals surface area contributed by atoms with Gasteiger partial charge in [0.25, 0.3) is 0 Å². The fraction of sp³-hybridized carbons (Fsp3) is 0.125. The average Bonchev–Trinajstić information content (AvgIpc) is 3.17. The SMILES string of the molecule is O=C(Cn1cc(C(=O)O)cn1)Nc1nn(Cc2ccccc2Cl)cc1Cl. The van der Waals surface area contributed by atoms with Crippen molar-refractivity contribution in [3.05, 3.63) is 64.0 Å². The van der Waals surface area contributed by atoms with E-state index in [4.69, 9.17) is 28.3 Å². The van der Waals surface area contributed by atoms with E-state index >= 15 is 0 Å². The summed E-state index contributed by atoms with van der Waals surface area (Å²) in [6, 6.07) is 7.34. The lowest BCUT2D eigenvalue weighted by Crippen LogP contribution is -2.19. The molecule has 0 atom stereocenters. The Labute approximate surface area is 157 Å². The molecule has 0 saturated carbocycles. The van der Waals surface area contributed by atoms with E-state index in [-0.39, 0.29) is 22.9 Å². The number of halogens is 2. The van der Waals surface area contributed by atoms with E-state index in [1.54, 1.807) is 16.9 Å². The lowest BCUT2D eigenvalue weighted by Gasteiger charge is -2.04. The van der Waals surface area contributed by atoms with Crippen molar-refractivity contribution in [2.75, 3.05) is 5.32 Å². The summed E-state index contributed by atoms with van der Waals surface area (Å²) < 4.78 is 2.78. The molecule has 0 aliphatic heterocycles. The molecule has 2 aromatic heterocycles. The molecule has 2 N–H and O–H groups in total. The maximum atomic E-state index is 12.1. The second-order valence-electron chi connectivity index (χ2n) is 5.39. The van der Waals surface area contributed by atoms with Crippen LogP contribution in [-0.4, -0.2) is 36.5 Å². The number of carboxylic acids is 1. The fourth-order valence-electron chi connectivity index (χ4n) is 2.24. The van der Waals surface area contributed by atoms with Crippen LogP contribution in [0.15, 0.2) is 42.9 Å². The van der Waals surface area contributed by atoms with Crippen LogP contribution in [-0.2, 0) is 17.9 Å². The molecule has 0 bridgehead atoms. The van der Waals surface area contributed by atoms with Crippen LogP contribution in [0, 0.1) is 0 Å². The predicted octanol–water partition coefficient (Wildman–Crippen LogP) is 2.77. The third-order valence-corrected chi connectivity index (χ3v) is 4.10. The van der Waals surface area contributed by atoms with Gasteiger partial charge in [0.15, 0.2) is 5.82 Å². The molecule has 1 amide bonds. The summed E-state index contributed by atoms with van der Waals surface area (Å²) in [6.45, 7) is 0.234. The molecule has 8 nitrogen and oxygen atoms in total. The summed E-state index contributed by atoms with van der Waals surface area (Å²) in [4.78, 5) is 22.9. The van der Waals surface area contributed by atoms with E-state index < -0.39 is 11.9 Å². The van der Waals surface area contributed by atoms with Crippen molar-refractivity contribution in [3.63, 3.8) is 0 Å². The molecule has 134 valence electrons. The Balaban J connectivity index is 1.66. The Morgan fingerprint density at radius 2 is 1.88 bits per heavy atom. The first-order valence-electron chi connectivity index (χ1n) is 7.44. The molecule has 2 heterocycles. The molecule has 0 aliphatic carbocycles. The highest BCUT2D eigenvalue weighted by Crippen LogP contribution is 2.22. The number of aromatic carboxylic acids is 1. The van der Waals surface area contributed by atoms with Crippen LogP contribution in [0.25, 0.3) is 0 Å². The molecule has 1 aromatic carbocycles. The zero-order chi connectivity index (χ0) is 18.7. The Hall–Kier alpha value is -2.84. The number of carbonyl (C=O) groups is 2. The first-order valence-corrected chi connectivity index (χ1v) is 8.20. The third kappa shape index (κ3) is 4.22.